The van der Waals surface area contributed by atoms with Crippen LogP contribution >= 0.6 is 0 Å². The molecule has 0 saturated carbocycles. The molecule has 0 aliphatic rings. The monoisotopic (exact) mass is 401 g/mol. The Labute approximate surface area is 154 Å². The Morgan fingerprint density at radius 3 is 2.08 bits per heavy atom. The average Bonchev–Trinajstić information content (AvgIpc) is 3.01. The van der Waals surface area contributed by atoms with Crippen LogP contribution in [-0.4, -0.2) is 49.0 Å². The van der Waals surface area contributed by atoms with Gasteiger partial charge in [-0.2, -0.15) is 4.31 Å². The standard InChI is InChI=1S/C15H23N5O4S2/c1-5-20(6-2)26(23,24)14-9-7-13(8-10-14)25(21,22)18-12(3)15-17-16-11-19(15)4/h7-12,18H,5-6H2,1-4H3. The lowest BCUT2D eigenvalue weighted by Crippen LogP contribution is -2.31. The molecule has 2 aromatic rings. The summed E-state index contributed by atoms with van der Waals surface area (Å²) in [7, 11) is -5.75. The maximum atomic E-state index is 12.5. The van der Waals surface area contributed by atoms with Gasteiger partial charge in [0.05, 0.1) is 15.8 Å². The fraction of sp³-hybridized carbons (Fsp3) is 0.467. The molecule has 0 radical (unpaired) electrons. The molecule has 1 heterocycles. The topological polar surface area (TPSA) is 114 Å². The van der Waals surface area contributed by atoms with Crippen LogP contribution in [0.25, 0.3) is 0 Å². The van der Waals surface area contributed by atoms with Crippen molar-refractivity contribution >= 4 is 20.0 Å². The van der Waals surface area contributed by atoms with Gasteiger partial charge in [0.2, 0.25) is 20.0 Å². The third-order valence-electron chi connectivity index (χ3n) is 3.94. The van der Waals surface area contributed by atoms with E-state index in [4.69, 9.17) is 0 Å². The van der Waals surface area contributed by atoms with Gasteiger partial charge in [-0.3, -0.25) is 0 Å². The molecule has 1 atom stereocenters. The zero-order valence-corrected chi connectivity index (χ0v) is 16.7. The second-order valence-corrected chi connectivity index (χ2v) is 9.36. The number of rotatable bonds is 8. The van der Waals surface area contributed by atoms with Gasteiger partial charge in [-0.05, 0) is 31.2 Å². The summed E-state index contributed by atoms with van der Waals surface area (Å²) in [6.07, 6.45) is 1.48. The van der Waals surface area contributed by atoms with Gasteiger partial charge in [0.25, 0.3) is 0 Å². The van der Waals surface area contributed by atoms with Crippen LogP contribution in [-0.2, 0) is 27.1 Å². The van der Waals surface area contributed by atoms with Gasteiger partial charge in [-0.25, -0.2) is 21.6 Å². The predicted molar refractivity (Wildman–Crippen MR) is 96.3 cm³/mol. The first-order chi connectivity index (χ1) is 12.1. The van der Waals surface area contributed by atoms with Gasteiger partial charge in [0.15, 0.2) is 0 Å². The maximum Gasteiger partial charge on any atom is 0.243 e. The van der Waals surface area contributed by atoms with Crippen molar-refractivity contribution in [1.82, 2.24) is 23.8 Å². The Bertz CT molecular complexity index is 948. The van der Waals surface area contributed by atoms with Crippen LogP contribution in [0.5, 0.6) is 0 Å². The van der Waals surface area contributed by atoms with Crippen molar-refractivity contribution in [2.24, 2.45) is 7.05 Å². The molecule has 1 aromatic carbocycles. The first-order valence-electron chi connectivity index (χ1n) is 8.10. The van der Waals surface area contributed by atoms with Crippen molar-refractivity contribution in [3.63, 3.8) is 0 Å². The second kappa shape index (κ2) is 7.82. The Morgan fingerprint density at radius 1 is 1.08 bits per heavy atom. The van der Waals surface area contributed by atoms with Crippen LogP contribution in [0.2, 0.25) is 0 Å². The molecule has 1 N–H and O–H groups in total. The van der Waals surface area contributed by atoms with E-state index in [1.807, 2.05) is 0 Å². The highest BCUT2D eigenvalue weighted by Gasteiger charge is 2.24. The second-order valence-electron chi connectivity index (χ2n) is 5.70. The molecule has 0 saturated heterocycles. The third-order valence-corrected chi connectivity index (χ3v) is 7.56. The molecule has 0 aliphatic carbocycles. The molecule has 0 fully saturated rings. The third kappa shape index (κ3) is 4.11. The first kappa shape index (κ1) is 20.5. The number of sulfonamides is 2. The van der Waals surface area contributed by atoms with Crippen molar-refractivity contribution in [3.05, 3.63) is 36.4 Å². The molecule has 9 nitrogen and oxygen atoms in total. The number of nitrogens with one attached hydrogen (secondary N) is 1. The molecule has 0 aliphatic heterocycles. The molecular weight excluding hydrogens is 378 g/mol. The summed E-state index contributed by atoms with van der Waals surface area (Å²) in [4.78, 5) is 0.0338. The Hall–Kier alpha value is -1.82. The van der Waals surface area contributed by atoms with Gasteiger partial charge < -0.3 is 4.57 Å². The number of benzene rings is 1. The van der Waals surface area contributed by atoms with Crippen LogP contribution in [0.3, 0.4) is 0 Å². The maximum absolute atomic E-state index is 12.5. The van der Waals surface area contributed by atoms with E-state index in [1.165, 1.54) is 34.9 Å². The Kier molecular flexibility index (Phi) is 6.17. The summed E-state index contributed by atoms with van der Waals surface area (Å²) >= 11 is 0. The summed E-state index contributed by atoms with van der Waals surface area (Å²) < 4.78 is 55.4. The minimum Gasteiger partial charge on any atom is -0.319 e. The smallest absolute Gasteiger partial charge is 0.243 e. The fourth-order valence-electron chi connectivity index (χ4n) is 2.54. The highest BCUT2D eigenvalue weighted by atomic mass is 32.2. The van der Waals surface area contributed by atoms with Crippen LogP contribution < -0.4 is 4.72 Å². The number of hydrogen-bond donors (Lipinski definition) is 1. The van der Waals surface area contributed by atoms with Crippen molar-refractivity contribution in [2.75, 3.05) is 13.1 Å². The molecule has 2 rings (SSSR count). The minimum absolute atomic E-state index is 0.0231. The van der Waals surface area contributed by atoms with Gasteiger partial charge in [0, 0.05) is 20.1 Å². The van der Waals surface area contributed by atoms with Crippen molar-refractivity contribution in [3.8, 4) is 0 Å². The fourth-order valence-corrected chi connectivity index (χ4v) is 5.20. The minimum atomic E-state index is -3.84. The lowest BCUT2D eigenvalue weighted by molar-refractivity contribution is 0.445. The summed E-state index contributed by atoms with van der Waals surface area (Å²) in [5.74, 6) is 0.467. The Balaban J connectivity index is 2.25. The predicted octanol–water partition coefficient (Wildman–Crippen LogP) is 0.885. The lowest BCUT2D eigenvalue weighted by Gasteiger charge is -2.18. The van der Waals surface area contributed by atoms with E-state index >= 15 is 0 Å². The largest absolute Gasteiger partial charge is 0.319 e. The van der Waals surface area contributed by atoms with Gasteiger partial charge >= 0.3 is 0 Å². The number of hydrogen-bond acceptors (Lipinski definition) is 6. The van der Waals surface area contributed by atoms with Crippen LogP contribution in [0, 0.1) is 0 Å². The summed E-state index contributed by atoms with van der Waals surface area (Å²) in [5.41, 5.74) is 0. The van der Waals surface area contributed by atoms with Gasteiger partial charge in [0.1, 0.15) is 12.2 Å². The van der Waals surface area contributed by atoms with Gasteiger partial charge in [-0.15, -0.1) is 10.2 Å². The number of nitrogens with zero attached hydrogens (tertiary/aromatic N) is 4. The van der Waals surface area contributed by atoms with E-state index in [2.05, 4.69) is 14.9 Å². The highest BCUT2D eigenvalue weighted by molar-refractivity contribution is 7.89. The summed E-state index contributed by atoms with van der Waals surface area (Å²) in [5, 5.41) is 7.60. The molecule has 0 amide bonds. The van der Waals surface area contributed by atoms with Crippen LogP contribution in [0.15, 0.2) is 40.4 Å². The van der Waals surface area contributed by atoms with E-state index < -0.39 is 26.1 Å². The highest BCUT2D eigenvalue weighted by Crippen LogP contribution is 2.20. The molecule has 144 valence electrons. The Morgan fingerprint density at radius 2 is 1.62 bits per heavy atom. The number of aryl methyl sites for hydroxylation is 1. The quantitative estimate of drug-likeness (QED) is 0.702. The normalized spacial score (nSPS) is 13.9. The van der Waals surface area contributed by atoms with E-state index in [-0.39, 0.29) is 9.79 Å². The van der Waals surface area contributed by atoms with Crippen molar-refractivity contribution in [1.29, 1.82) is 0 Å². The summed E-state index contributed by atoms with van der Waals surface area (Å²) in [6, 6.07) is 4.57. The molecule has 26 heavy (non-hydrogen) atoms. The van der Waals surface area contributed by atoms with E-state index in [0.29, 0.717) is 18.9 Å². The summed E-state index contributed by atoms with van der Waals surface area (Å²) in [6.45, 7) is 5.83. The van der Waals surface area contributed by atoms with E-state index in [1.54, 1.807) is 32.4 Å². The van der Waals surface area contributed by atoms with Crippen molar-refractivity contribution in [2.45, 2.75) is 36.6 Å². The molecule has 0 spiro atoms. The van der Waals surface area contributed by atoms with Crippen LogP contribution in [0.4, 0.5) is 0 Å². The first-order valence-corrected chi connectivity index (χ1v) is 11.0. The van der Waals surface area contributed by atoms with Crippen molar-refractivity contribution < 1.29 is 16.8 Å². The van der Waals surface area contributed by atoms with E-state index in [0.717, 1.165) is 0 Å². The van der Waals surface area contributed by atoms with E-state index in [9.17, 15) is 16.8 Å². The number of aromatic nitrogens is 3. The molecule has 1 unspecified atom stereocenters. The SMILES string of the molecule is CCN(CC)S(=O)(=O)c1ccc(S(=O)(=O)NC(C)c2nncn2C)cc1. The van der Waals surface area contributed by atoms with Gasteiger partial charge in [-0.1, -0.05) is 13.8 Å². The molecule has 1 aromatic heterocycles. The average molecular weight is 402 g/mol. The molecule has 11 heteroatoms. The zero-order chi connectivity index (χ0) is 19.5. The lowest BCUT2D eigenvalue weighted by atomic mass is 10.3. The molecule has 0 bridgehead atoms. The van der Waals surface area contributed by atoms with Crippen LogP contribution in [0.1, 0.15) is 32.6 Å². The zero-order valence-electron chi connectivity index (χ0n) is 15.1. The molecular formula is C15H23N5O4S2.